The van der Waals surface area contributed by atoms with E-state index >= 15 is 0 Å². The summed E-state index contributed by atoms with van der Waals surface area (Å²) in [5.41, 5.74) is -0.427. The van der Waals surface area contributed by atoms with Crippen LogP contribution in [0, 0.1) is 6.92 Å². The molecule has 2 heterocycles. The number of carbonyl (C=O) groups excluding carboxylic acids is 1. The summed E-state index contributed by atoms with van der Waals surface area (Å²) < 4.78 is 38.9. The fourth-order valence-electron chi connectivity index (χ4n) is 2.02. The lowest BCUT2D eigenvalue weighted by Gasteiger charge is -2.06. The number of rotatable bonds is 4. The number of nitrogens with one attached hydrogen (secondary N) is 2. The monoisotopic (exact) mass is 400 g/mol. The first-order valence-corrected chi connectivity index (χ1v) is 8.99. The number of aryl methyl sites for hydroxylation is 1. The van der Waals surface area contributed by atoms with Gasteiger partial charge < -0.3 is 10.3 Å². The van der Waals surface area contributed by atoms with Crippen LogP contribution in [0.5, 0.6) is 0 Å². The summed E-state index contributed by atoms with van der Waals surface area (Å²) >= 11 is 1.99. The third-order valence-electron chi connectivity index (χ3n) is 3.14. The Labute approximate surface area is 152 Å². The molecule has 0 aliphatic carbocycles. The SMILES string of the molecule is Cc1ccc2nc(NC(=O)CSc3nc(C(F)(F)F)cc(=O)[nH]3)sc2c1. The number of fused-ring (bicyclic) bond motifs is 1. The lowest BCUT2D eigenvalue weighted by molar-refractivity contribution is -0.141. The Morgan fingerprint density at radius 1 is 1.31 bits per heavy atom. The Bertz CT molecular complexity index is 1030. The van der Waals surface area contributed by atoms with Crippen molar-refractivity contribution in [2.75, 3.05) is 11.1 Å². The van der Waals surface area contributed by atoms with Crippen LogP contribution in [-0.4, -0.2) is 26.6 Å². The normalized spacial score (nSPS) is 11.7. The molecule has 1 amide bonds. The highest BCUT2D eigenvalue weighted by Gasteiger charge is 2.33. The molecule has 0 radical (unpaired) electrons. The largest absolute Gasteiger partial charge is 0.433 e. The summed E-state index contributed by atoms with van der Waals surface area (Å²) in [6, 6.07) is 6.05. The number of thiazole rings is 1. The molecule has 0 aliphatic rings. The van der Waals surface area contributed by atoms with Crippen LogP contribution < -0.4 is 10.9 Å². The maximum absolute atomic E-state index is 12.7. The van der Waals surface area contributed by atoms with E-state index in [4.69, 9.17) is 0 Å². The summed E-state index contributed by atoms with van der Waals surface area (Å²) in [5, 5.41) is 2.70. The van der Waals surface area contributed by atoms with E-state index in [2.05, 4.69) is 20.3 Å². The second-order valence-corrected chi connectivity index (χ2v) is 7.26. The quantitative estimate of drug-likeness (QED) is 0.517. The van der Waals surface area contributed by atoms with Gasteiger partial charge in [-0.1, -0.05) is 29.2 Å². The number of nitrogens with zero attached hydrogens (tertiary/aromatic N) is 2. The predicted molar refractivity (Wildman–Crippen MR) is 93.6 cm³/mol. The average molecular weight is 400 g/mol. The van der Waals surface area contributed by atoms with Crippen molar-refractivity contribution in [3.8, 4) is 0 Å². The lowest BCUT2D eigenvalue weighted by Crippen LogP contribution is -2.18. The van der Waals surface area contributed by atoms with Gasteiger partial charge in [0.15, 0.2) is 16.0 Å². The number of carbonyl (C=O) groups is 1. The van der Waals surface area contributed by atoms with E-state index in [0.717, 1.165) is 15.8 Å². The Morgan fingerprint density at radius 2 is 2.08 bits per heavy atom. The average Bonchev–Trinajstić information content (AvgIpc) is 2.93. The van der Waals surface area contributed by atoms with Crippen molar-refractivity contribution in [1.82, 2.24) is 15.0 Å². The van der Waals surface area contributed by atoms with Crippen LogP contribution in [0.4, 0.5) is 18.3 Å². The van der Waals surface area contributed by atoms with E-state index in [-0.39, 0.29) is 10.9 Å². The first-order chi connectivity index (χ1) is 12.2. The molecule has 26 heavy (non-hydrogen) atoms. The summed E-state index contributed by atoms with van der Waals surface area (Å²) in [7, 11) is 0. The van der Waals surface area contributed by atoms with Gasteiger partial charge in [0, 0.05) is 6.07 Å². The Kier molecular flexibility index (Phi) is 5.01. The van der Waals surface area contributed by atoms with Crippen LogP contribution in [0.3, 0.4) is 0 Å². The van der Waals surface area contributed by atoms with E-state index < -0.39 is 23.3 Å². The predicted octanol–water partition coefficient (Wildman–Crippen LogP) is 3.44. The number of anilines is 1. The minimum atomic E-state index is -4.73. The van der Waals surface area contributed by atoms with Crippen LogP contribution in [0.2, 0.25) is 0 Å². The van der Waals surface area contributed by atoms with Crippen LogP contribution in [0.25, 0.3) is 10.2 Å². The van der Waals surface area contributed by atoms with Gasteiger partial charge in [0.05, 0.1) is 16.0 Å². The number of amides is 1. The molecule has 0 spiro atoms. The van der Waals surface area contributed by atoms with Crippen LogP contribution in [-0.2, 0) is 11.0 Å². The Morgan fingerprint density at radius 3 is 2.81 bits per heavy atom. The van der Waals surface area contributed by atoms with Gasteiger partial charge in [-0.3, -0.25) is 9.59 Å². The molecule has 3 rings (SSSR count). The molecule has 0 atom stereocenters. The maximum atomic E-state index is 12.7. The summed E-state index contributed by atoms with van der Waals surface area (Å²) in [6.45, 7) is 1.94. The molecule has 0 saturated carbocycles. The summed E-state index contributed by atoms with van der Waals surface area (Å²) in [5.74, 6) is -0.690. The Balaban J connectivity index is 1.67. The topological polar surface area (TPSA) is 87.7 Å². The molecule has 0 saturated heterocycles. The van der Waals surface area contributed by atoms with Crippen molar-refractivity contribution >= 4 is 44.4 Å². The van der Waals surface area contributed by atoms with E-state index in [9.17, 15) is 22.8 Å². The molecular formula is C15H11F3N4O2S2. The highest BCUT2D eigenvalue weighted by atomic mass is 32.2. The molecule has 11 heteroatoms. The number of H-pyrrole nitrogens is 1. The van der Waals surface area contributed by atoms with E-state index in [1.54, 1.807) is 0 Å². The van der Waals surface area contributed by atoms with Gasteiger partial charge in [-0.05, 0) is 24.6 Å². The highest BCUT2D eigenvalue weighted by molar-refractivity contribution is 7.99. The van der Waals surface area contributed by atoms with Crippen LogP contribution >= 0.6 is 23.1 Å². The minimum Gasteiger partial charge on any atom is -0.301 e. The molecule has 0 fully saturated rings. The number of aromatic nitrogens is 3. The fraction of sp³-hybridized carbons (Fsp3) is 0.200. The molecule has 0 bridgehead atoms. The van der Waals surface area contributed by atoms with Crippen LogP contribution in [0.1, 0.15) is 11.3 Å². The smallest absolute Gasteiger partial charge is 0.301 e. The van der Waals surface area contributed by atoms with Gasteiger partial charge >= 0.3 is 6.18 Å². The van der Waals surface area contributed by atoms with Gasteiger partial charge in [-0.15, -0.1) is 0 Å². The molecule has 6 nitrogen and oxygen atoms in total. The number of alkyl halides is 3. The number of hydrogen-bond donors (Lipinski definition) is 2. The van der Waals surface area contributed by atoms with Crippen LogP contribution in [0.15, 0.2) is 34.2 Å². The highest BCUT2D eigenvalue weighted by Crippen LogP contribution is 2.28. The number of benzene rings is 1. The van der Waals surface area contributed by atoms with Gasteiger partial charge in [0.1, 0.15) is 0 Å². The molecule has 0 aliphatic heterocycles. The molecule has 136 valence electrons. The first-order valence-electron chi connectivity index (χ1n) is 7.19. The number of hydrogen-bond acceptors (Lipinski definition) is 6. The summed E-state index contributed by atoms with van der Waals surface area (Å²) in [4.78, 5) is 33.0. The molecule has 2 N–H and O–H groups in total. The van der Waals surface area contributed by atoms with E-state index in [1.807, 2.05) is 25.1 Å². The molecular weight excluding hydrogens is 389 g/mol. The number of halogens is 3. The third kappa shape index (κ3) is 4.41. The maximum Gasteiger partial charge on any atom is 0.433 e. The number of thioether (sulfide) groups is 1. The van der Waals surface area contributed by atoms with E-state index in [0.29, 0.717) is 23.0 Å². The van der Waals surface area contributed by atoms with Gasteiger partial charge in [-0.2, -0.15) is 13.2 Å². The molecule has 1 aromatic carbocycles. The number of aromatic amines is 1. The Hall–Kier alpha value is -2.40. The molecule has 3 aromatic rings. The van der Waals surface area contributed by atoms with Crippen molar-refractivity contribution in [2.45, 2.75) is 18.3 Å². The fourth-order valence-corrected chi connectivity index (χ4v) is 3.68. The zero-order valence-corrected chi connectivity index (χ0v) is 14.8. The van der Waals surface area contributed by atoms with Crippen molar-refractivity contribution in [1.29, 1.82) is 0 Å². The van der Waals surface area contributed by atoms with Gasteiger partial charge in [0.2, 0.25) is 5.91 Å². The van der Waals surface area contributed by atoms with Crippen molar-refractivity contribution in [3.05, 3.63) is 45.9 Å². The van der Waals surface area contributed by atoms with Crippen molar-refractivity contribution < 1.29 is 18.0 Å². The zero-order chi connectivity index (χ0) is 18.9. The van der Waals surface area contributed by atoms with Crippen molar-refractivity contribution in [3.63, 3.8) is 0 Å². The first kappa shape index (κ1) is 18.4. The standard InChI is InChI=1S/C15H11F3N4O2S2/c1-7-2-3-8-9(4-7)26-14(19-8)22-12(24)6-25-13-20-10(15(16,17)18)5-11(23)21-13/h2-5H,6H2,1H3,(H,19,22,24)(H,20,21,23). The molecule has 2 aromatic heterocycles. The zero-order valence-electron chi connectivity index (χ0n) is 13.2. The van der Waals surface area contributed by atoms with Gasteiger partial charge in [0.25, 0.3) is 5.56 Å². The summed E-state index contributed by atoms with van der Waals surface area (Å²) in [6.07, 6.45) is -4.73. The second kappa shape index (κ2) is 7.08. The van der Waals surface area contributed by atoms with Gasteiger partial charge in [-0.25, -0.2) is 9.97 Å². The van der Waals surface area contributed by atoms with E-state index in [1.165, 1.54) is 11.3 Å². The lowest BCUT2D eigenvalue weighted by atomic mass is 10.2. The molecule has 0 unspecified atom stereocenters. The second-order valence-electron chi connectivity index (χ2n) is 5.26. The third-order valence-corrected chi connectivity index (χ3v) is 4.95. The van der Waals surface area contributed by atoms with Crippen molar-refractivity contribution in [2.24, 2.45) is 0 Å². The minimum absolute atomic E-state index is 0.223.